The number of aliphatic hydroxyl groups is 1. The first-order valence-corrected chi connectivity index (χ1v) is 6.37. The van der Waals surface area contributed by atoms with Crippen LogP contribution in [0.15, 0.2) is 24.3 Å². The summed E-state index contributed by atoms with van der Waals surface area (Å²) in [7, 11) is 0. The van der Waals surface area contributed by atoms with E-state index in [0.29, 0.717) is 19.8 Å². The van der Waals surface area contributed by atoms with Gasteiger partial charge in [-0.25, -0.2) is 0 Å². The van der Waals surface area contributed by atoms with Gasteiger partial charge in [-0.05, 0) is 24.0 Å². The Balaban J connectivity index is 1.80. The zero-order chi connectivity index (χ0) is 12.8. The number of rotatable bonds is 6. The smallest absolute Gasteiger partial charge is 0.227 e. The van der Waals surface area contributed by atoms with Crippen molar-refractivity contribution in [1.82, 2.24) is 5.32 Å². The van der Waals surface area contributed by atoms with Gasteiger partial charge in [-0.3, -0.25) is 4.79 Å². The summed E-state index contributed by atoms with van der Waals surface area (Å²) in [5.74, 6) is 0.0617. The SMILES string of the molecule is O=C(NCCOCCO)[C@H]1CCc2ccccc21. The standard InChI is InChI=1S/C14H19NO3/c16-8-10-18-9-7-15-14(17)13-6-5-11-3-1-2-4-12(11)13/h1-4,13,16H,5-10H2,(H,15,17)/t13-/m0/s1. The predicted molar refractivity (Wildman–Crippen MR) is 68.4 cm³/mol. The van der Waals surface area contributed by atoms with Gasteiger partial charge in [0.1, 0.15) is 0 Å². The molecule has 1 aromatic rings. The first-order valence-electron chi connectivity index (χ1n) is 6.37. The highest BCUT2D eigenvalue weighted by atomic mass is 16.5. The van der Waals surface area contributed by atoms with E-state index < -0.39 is 0 Å². The zero-order valence-electron chi connectivity index (χ0n) is 10.4. The second kappa shape index (κ2) is 6.52. The highest BCUT2D eigenvalue weighted by Crippen LogP contribution is 2.32. The molecule has 0 radical (unpaired) electrons. The van der Waals surface area contributed by atoms with Crippen molar-refractivity contribution < 1.29 is 14.6 Å². The molecular formula is C14H19NO3. The summed E-state index contributed by atoms with van der Waals surface area (Å²) >= 11 is 0. The van der Waals surface area contributed by atoms with E-state index in [0.717, 1.165) is 18.4 Å². The Labute approximate surface area is 107 Å². The summed E-state index contributed by atoms with van der Waals surface area (Å²) in [6, 6.07) is 8.12. The van der Waals surface area contributed by atoms with Crippen LogP contribution in [0, 0.1) is 0 Å². The third-order valence-corrected chi connectivity index (χ3v) is 3.23. The molecule has 18 heavy (non-hydrogen) atoms. The molecule has 0 saturated carbocycles. The lowest BCUT2D eigenvalue weighted by Gasteiger charge is -2.12. The number of carbonyl (C=O) groups excluding carboxylic acids is 1. The molecule has 4 heteroatoms. The van der Waals surface area contributed by atoms with Crippen molar-refractivity contribution >= 4 is 5.91 Å². The van der Waals surface area contributed by atoms with Crippen molar-refractivity contribution in [2.24, 2.45) is 0 Å². The lowest BCUT2D eigenvalue weighted by molar-refractivity contribution is -0.122. The molecule has 0 spiro atoms. The van der Waals surface area contributed by atoms with Gasteiger partial charge >= 0.3 is 0 Å². The number of benzene rings is 1. The molecule has 1 aliphatic carbocycles. The topological polar surface area (TPSA) is 58.6 Å². The van der Waals surface area contributed by atoms with Crippen LogP contribution >= 0.6 is 0 Å². The Morgan fingerprint density at radius 1 is 1.39 bits per heavy atom. The molecule has 0 saturated heterocycles. The van der Waals surface area contributed by atoms with Crippen molar-refractivity contribution in [1.29, 1.82) is 0 Å². The third kappa shape index (κ3) is 3.09. The fraction of sp³-hybridized carbons (Fsp3) is 0.500. The summed E-state index contributed by atoms with van der Waals surface area (Å²) in [6.45, 7) is 1.28. The van der Waals surface area contributed by atoms with E-state index in [9.17, 15) is 4.79 Å². The van der Waals surface area contributed by atoms with E-state index in [1.807, 2.05) is 18.2 Å². The van der Waals surface area contributed by atoms with Crippen molar-refractivity contribution in [3.05, 3.63) is 35.4 Å². The maximum absolute atomic E-state index is 12.0. The number of hydrogen-bond donors (Lipinski definition) is 2. The average Bonchev–Trinajstić information content (AvgIpc) is 2.82. The van der Waals surface area contributed by atoms with Crippen LogP contribution in [-0.2, 0) is 16.0 Å². The molecule has 2 rings (SSSR count). The Kier molecular flexibility index (Phi) is 4.73. The number of ether oxygens (including phenoxy) is 1. The molecule has 4 nitrogen and oxygen atoms in total. The fourth-order valence-corrected chi connectivity index (χ4v) is 2.37. The van der Waals surface area contributed by atoms with Crippen LogP contribution < -0.4 is 5.32 Å². The summed E-state index contributed by atoms with van der Waals surface area (Å²) < 4.78 is 5.10. The van der Waals surface area contributed by atoms with Crippen LogP contribution in [-0.4, -0.2) is 37.4 Å². The van der Waals surface area contributed by atoms with Gasteiger partial charge in [-0.2, -0.15) is 0 Å². The molecular weight excluding hydrogens is 230 g/mol. The second-order valence-corrected chi connectivity index (χ2v) is 4.42. The van der Waals surface area contributed by atoms with E-state index in [1.54, 1.807) is 0 Å². The summed E-state index contributed by atoms with van der Waals surface area (Å²) in [6.07, 6.45) is 1.87. The third-order valence-electron chi connectivity index (χ3n) is 3.23. The van der Waals surface area contributed by atoms with Gasteiger partial charge < -0.3 is 15.2 Å². The van der Waals surface area contributed by atoms with Gasteiger partial charge in [0.05, 0.1) is 25.7 Å². The minimum atomic E-state index is -0.0148. The Bertz CT molecular complexity index is 406. The lowest BCUT2D eigenvalue weighted by atomic mass is 10.0. The molecule has 0 unspecified atom stereocenters. The Morgan fingerprint density at radius 3 is 3.06 bits per heavy atom. The zero-order valence-corrected chi connectivity index (χ0v) is 10.4. The number of aryl methyl sites for hydroxylation is 1. The molecule has 0 bridgehead atoms. The van der Waals surface area contributed by atoms with Gasteiger partial charge in [0.2, 0.25) is 5.91 Å². The van der Waals surface area contributed by atoms with Crippen LogP contribution in [0.1, 0.15) is 23.5 Å². The van der Waals surface area contributed by atoms with Crippen LogP contribution in [0.5, 0.6) is 0 Å². The van der Waals surface area contributed by atoms with Gasteiger partial charge in [0.25, 0.3) is 0 Å². The summed E-state index contributed by atoms with van der Waals surface area (Å²) in [4.78, 5) is 12.0. The van der Waals surface area contributed by atoms with E-state index in [1.165, 1.54) is 5.56 Å². The van der Waals surface area contributed by atoms with Crippen LogP contribution in [0.4, 0.5) is 0 Å². The van der Waals surface area contributed by atoms with Gasteiger partial charge in [-0.1, -0.05) is 24.3 Å². The van der Waals surface area contributed by atoms with Crippen molar-refractivity contribution in [3.63, 3.8) is 0 Å². The van der Waals surface area contributed by atoms with E-state index in [-0.39, 0.29) is 18.4 Å². The van der Waals surface area contributed by atoms with Crippen molar-refractivity contribution in [2.75, 3.05) is 26.4 Å². The average molecular weight is 249 g/mol. The second-order valence-electron chi connectivity index (χ2n) is 4.42. The predicted octanol–water partition coefficient (Wildman–Crippen LogP) is 0.841. The van der Waals surface area contributed by atoms with Crippen molar-refractivity contribution in [2.45, 2.75) is 18.8 Å². The minimum Gasteiger partial charge on any atom is -0.394 e. The quantitative estimate of drug-likeness (QED) is 0.735. The molecule has 0 aromatic heterocycles. The first kappa shape index (κ1) is 13.1. The summed E-state index contributed by atoms with van der Waals surface area (Å²) in [5, 5.41) is 11.4. The number of aliphatic hydroxyl groups excluding tert-OH is 1. The molecule has 0 heterocycles. The normalized spacial score (nSPS) is 17.5. The van der Waals surface area contributed by atoms with Crippen LogP contribution in [0.25, 0.3) is 0 Å². The fourth-order valence-electron chi connectivity index (χ4n) is 2.37. The molecule has 1 aliphatic rings. The number of hydrogen-bond acceptors (Lipinski definition) is 3. The van der Waals surface area contributed by atoms with Gasteiger partial charge in [-0.15, -0.1) is 0 Å². The molecule has 1 atom stereocenters. The van der Waals surface area contributed by atoms with Gasteiger partial charge in [0, 0.05) is 6.54 Å². The van der Waals surface area contributed by atoms with E-state index in [2.05, 4.69) is 11.4 Å². The Morgan fingerprint density at radius 2 is 2.22 bits per heavy atom. The van der Waals surface area contributed by atoms with E-state index in [4.69, 9.17) is 9.84 Å². The maximum atomic E-state index is 12.0. The molecule has 2 N–H and O–H groups in total. The van der Waals surface area contributed by atoms with Crippen molar-refractivity contribution in [3.8, 4) is 0 Å². The monoisotopic (exact) mass is 249 g/mol. The largest absolute Gasteiger partial charge is 0.394 e. The summed E-state index contributed by atoms with van der Waals surface area (Å²) in [5.41, 5.74) is 2.44. The number of amides is 1. The first-order chi connectivity index (χ1) is 8.83. The molecule has 0 fully saturated rings. The molecule has 98 valence electrons. The highest BCUT2D eigenvalue weighted by molar-refractivity contribution is 5.84. The van der Waals surface area contributed by atoms with E-state index >= 15 is 0 Å². The lowest BCUT2D eigenvalue weighted by Crippen LogP contribution is -2.31. The molecule has 1 aromatic carbocycles. The van der Waals surface area contributed by atoms with Crippen LogP contribution in [0.2, 0.25) is 0 Å². The number of carbonyl (C=O) groups is 1. The number of fused-ring (bicyclic) bond motifs is 1. The van der Waals surface area contributed by atoms with Crippen LogP contribution in [0.3, 0.4) is 0 Å². The minimum absolute atomic E-state index is 0.0148. The molecule has 0 aliphatic heterocycles. The maximum Gasteiger partial charge on any atom is 0.227 e. The van der Waals surface area contributed by atoms with Gasteiger partial charge in [0.15, 0.2) is 0 Å². The molecule has 1 amide bonds. The Hall–Kier alpha value is -1.39. The highest BCUT2D eigenvalue weighted by Gasteiger charge is 2.27. The number of nitrogens with one attached hydrogen (secondary N) is 1.